The predicted octanol–water partition coefficient (Wildman–Crippen LogP) is 2.82. The van der Waals surface area contributed by atoms with Gasteiger partial charge in [-0.2, -0.15) is 0 Å². The van der Waals surface area contributed by atoms with Gasteiger partial charge in [0.1, 0.15) is 5.56 Å². The highest BCUT2D eigenvalue weighted by Gasteiger charge is 2.26. The summed E-state index contributed by atoms with van der Waals surface area (Å²) in [4.78, 5) is 33.2. The summed E-state index contributed by atoms with van der Waals surface area (Å²) in [5, 5.41) is 11.1. The van der Waals surface area contributed by atoms with Crippen molar-refractivity contribution in [3.05, 3.63) is 57.1 Å². The fraction of sp³-hybridized carbons (Fsp3) is 0.125. The van der Waals surface area contributed by atoms with Gasteiger partial charge in [0, 0.05) is 6.07 Å². The normalized spacial score (nSPS) is 10.2. The van der Waals surface area contributed by atoms with E-state index in [1.807, 2.05) is 0 Å². The van der Waals surface area contributed by atoms with Crippen LogP contribution < -0.4 is 10.5 Å². The van der Waals surface area contributed by atoms with Crippen LogP contribution in [0, 0.1) is 21.7 Å². The Balaban J connectivity index is 2.50. The molecule has 0 bridgehead atoms. The average Bonchev–Trinajstić information content (AvgIpc) is 2.63. The third kappa shape index (κ3) is 3.92. The minimum absolute atomic E-state index is 0.223. The Kier molecular flexibility index (Phi) is 5.54. The summed E-state index contributed by atoms with van der Waals surface area (Å²) in [6.07, 6.45) is 0. The van der Waals surface area contributed by atoms with Crippen molar-refractivity contribution in [2.24, 2.45) is 0 Å². The van der Waals surface area contributed by atoms with Crippen molar-refractivity contribution in [1.82, 2.24) is 0 Å². The molecule has 0 radical (unpaired) electrons. The predicted molar refractivity (Wildman–Crippen MR) is 86.6 cm³/mol. The second kappa shape index (κ2) is 7.64. The number of ether oxygens (including phenoxy) is 3. The Morgan fingerprint density at radius 3 is 1.96 bits per heavy atom. The topological polar surface area (TPSA) is 131 Å². The van der Waals surface area contributed by atoms with E-state index in [0.29, 0.717) is 18.2 Å². The first-order valence-corrected chi connectivity index (χ1v) is 7.11. The van der Waals surface area contributed by atoms with E-state index in [-0.39, 0.29) is 11.3 Å². The zero-order chi connectivity index (χ0) is 20.3. The number of benzene rings is 2. The second-order valence-corrected chi connectivity index (χ2v) is 5.01. The number of nitro benzene ring substituents is 1. The molecule has 0 unspecified atom stereocenters. The minimum Gasteiger partial charge on any atom is -0.465 e. The molecule has 27 heavy (non-hydrogen) atoms. The molecule has 11 heteroatoms. The summed E-state index contributed by atoms with van der Waals surface area (Å²) in [6, 6.07) is 2.74. The molecule has 0 saturated carbocycles. The minimum atomic E-state index is -1.18. The van der Waals surface area contributed by atoms with E-state index in [1.165, 1.54) is 0 Å². The number of carbonyl (C=O) groups excluding carboxylic acids is 2. The van der Waals surface area contributed by atoms with E-state index in [1.54, 1.807) is 0 Å². The maximum atomic E-state index is 14.2. The molecule has 0 heterocycles. The van der Waals surface area contributed by atoms with E-state index < -0.39 is 51.2 Å². The number of halogens is 2. The maximum absolute atomic E-state index is 14.2. The summed E-state index contributed by atoms with van der Waals surface area (Å²) in [5.41, 5.74) is 3.65. The third-order valence-electron chi connectivity index (χ3n) is 3.38. The first-order valence-electron chi connectivity index (χ1n) is 7.11. The largest absolute Gasteiger partial charge is 0.465 e. The summed E-state index contributed by atoms with van der Waals surface area (Å²) in [5.74, 6) is -5.65. The molecule has 0 saturated heterocycles. The molecule has 0 aliphatic carbocycles. The Hall–Kier alpha value is -3.76. The molecular weight excluding hydrogens is 370 g/mol. The van der Waals surface area contributed by atoms with Crippen molar-refractivity contribution in [2.75, 3.05) is 20.0 Å². The van der Waals surface area contributed by atoms with Gasteiger partial charge in [0.2, 0.25) is 0 Å². The number of methoxy groups -OCH3 is 2. The van der Waals surface area contributed by atoms with Crippen molar-refractivity contribution in [3.63, 3.8) is 0 Å². The first kappa shape index (κ1) is 19.6. The number of esters is 2. The van der Waals surface area contributed by atoms with Gasteiger partial charge in [0.05, 0.1) is 36.5 Å². The molecule has 0 amide bonds. The number of hydrogen-bond donors (Lipinski definition) is 1. The number of nitrogens with two attached hydrogens (primary N) is 1. The molecule has 142 valence electrons. The fourth-order valence-corrected chi connectivity index (χ4v) is 2.10. The van der Waals surface area contributed by atoms with Gasteiger partial charge in [-0.15, -0.1) is 0 Å². The van der Waals surface area contributed by atoms with Crippen LogP contribution in [0.25, 0.3) is 0 Å². The van der Waals surface area contributed by atoms with Crippen LogP contribution in [0.15, 0.2) is 24.3 Å². The fourth-order valence-electron chi connectivity index (χ4n) is 2.10. The Morgan fingerprint density at radius 1 is 0.963 bits per heavy atom. The van der Waals surface area contributed by atoms with Gasteiger partial charge in [0.15, 0.2) is 23.1 Å². The highest BCUT2D eigenvalue weighted by molar-refractivity contribution is 5.95. The maximum Gasteiger partial charge on any atom is 0.345 e. The summed E-state index contributed by atoms with van der Waals surface area (Å²) in [7, 11) is 2.04. The summed E-state index contributed by atoms with van der Waals surface area (Å²) in [6.45, 7) is 0. The molecule has 9 nitrogen and oxygen atoms in total. The lowest BCUT2D eigenvalue weighted by molar-refractivity contribution is -0.385. The lowest BCUT2D eigenvalue weighted by Crippen LogP contribution is -2.08. The number of nitro groups is 1. The van der Waals surface area contributed by atoms with Crippen molar-refractivity contribution in [2.45, 2.75) is 0 Å². The zero-order valence-corrected chi connectivity index (χ0v) is 13.9. The molecule has 0 spiro atoms. The lowest BCUT2D eigenvalue weighted by Gasteiger charge is -2.11. The number of nitrogen functional groups attached to an aromatic ring is 1. The van der Waals surface area contributed by atoms with E-state index in [2.05, 4.69) is 9.47 Å². The van der Waals surface area contributed by atoms with Gasteiger partial charge >= 0.3 is 11.9 Å². The zero-order valence-electron chi connectivity index (χ0n) is 13.9. The third-order valence-corrected chi connectivity index (χ3v) is 3.38. The van der Waals surface area contributed by atoms with Crippen LogP contribution in [-0.4, -0.2) is 31.1 Å². The molecule has 0 fully saturated rings. The standard InChI is InChI=1S/C16H12F2N2O7/c1-25-15(21)7-3-9(17)13(5-11(7)19)27-14-6-12(20(23)24)8(4-10(14)18)16(22)26-2/h3-6H,19H2,1-2H3. The number of nitrogens with zero attached hydrogens (tertiary/aromatic N) is 1. The molecule has 0 aromatic heterocycles. The van der Waals surface area contributed by atoms with Crippen LogP contribution in [0.3, 0.4) is 0 Å². The molecular formula is C16H12F2N2O7. The van der Waals surface area contributed by atoms with Crippen molar-refractivity contribution >= 4 is 23.3 Å². The van der Waals surface area contributed by atoms with E-state index in [0.717, 1.165) is 20.3 Å². The Bertz CT molecular complexity index is 947. The summed E-state index contributed by atoms with van der Waals surface area (Å²) >= 11 is 0. The summed E-state index contributed by atoms with van der Waals surface area (Å²) < 4.78 is 42.1. The van der Waals surface area contributed by atoms with Crippen molar-refractivity contribution < 1.29 is 37.5 Å². The lowest BCUT2D eigenvalue weighted by atomic mass is 10.1. The molecule has 0 aliphatic heterocycles. The van der Waals surface area contributed by atoms with Crippen LogP contribution in [-0.2, 0) is 9.47 Å². The second-order valence-electron chi connectivity index (χ2n) is 5.01. The molecule has 0 atom stereocenters. The molecule has 2 rings (SSSR count). The monoisotopic (exact) mass is 382 g/mol. The highest BCUT2D eigenvalue weighted by atomic mass is 19.1. The van der Waals surface area contributed by atoms with Gasteiger partial charge in [-0.05, 0) is 12.1 Å². The molecule has 2 aromatic carbocycles. The van der Waals surface area contributed by atoms with Crippen LogP contribution in [0.5, 0.6) is 11.5 Å². The Labute approximate surface area is 150 Å². The first-order chi connectivity index (χ1) is 12.7. The van der Waals surface area contributed by atoms with Gasteiger partial charge in [0.25, 0.3) is 5.69 Å². The van der Waals surface area contributed by atoms with Gasteiger partial charge in [-0.1, -0.05) is 0 Å². The van der Waals surface area contributed by atoms with E-state index >= 15 is 0 Å². The van der Waals surface area contributed by atoms with Crippen LogP contribution in [0.1, 0.15) is 20.7 Å². The number of hydrogen-bond acceptors (Lipinski definition) is 8. The smallest absolute Gasteiger partial charge is 0.345 e. The van der Waals surface area contributed by atoms with Gasteiger partial charge < -0.3 is 19.9 Å². The van der Waals surface area contributed by atoms with Crippen molar-refractivity contribution in [1.29, 1.82) is 0 Å². The molecule has 0 aliphatic rings. The average molecular weight is 382 g/mol. The van der Waals surface area contributed by atoms with Crippen LogP contribution in [0.4, 0.5) is 20.2 Å². The quantitative estimate of drug-likeness (QED) is 0.361. The van der Waals surface area contributed by atoms with Crippen LogP contribution in [0.2, 0.25) is 0 Å². The number of anilines is 1. The number of rotatable bonds is 5. The van der Waals surface area contributed by atoms with Gasteiger partial charge in [-0.3, -0.25) is 10.1 Å². The van der Waals surface area contributed by atoms with Crippen LogP contribution >= 0.6 is 0 Å². The Morgan fingerprint density at radius 2 is 1.44 bits per heavy atom. The molecule has 2 aromatic rings. The SMILES string of the molecule is COC(=O)c1cc(F)c(Oc2cc([N+](=O)[O-])c(C(=O)OC)cc2F)cc1N. The molecule has 2 N–H and O–H groups in total. The number of carbonyl (C=O) groups is 2. The van der Waals surface area contributed by atoms with E-state index in [4.69, 9.17) is 10.5 Å². The van der Waals surface area contributed by atoms with E-state index in [9.17, 15) is 28.5 Å². The van der Waals surface area contributed by atoms with Gasteiger partial charge in [-0.25, -0.2) is 18.4 Å². The van der Waals surface area contributed by atoms with Crippen molar-refractivity contribution in [3.8, 4) is 11.5 Å². The highest BCUT2D eigenvalue weighted by Crippen LogP contribution is 2.34.